The van der Waals surface area contributed by atoms with E-state index >= 15 is 0 Å². The third-order valence-corrected chi connectivity index (χ3v) is 3.87. The van der Waals surface area contributed by atoms with E-state index in [1.807, 2.05) is 0 Å². The molecule has 0 bridgehead atoms. The van der Waals surface area contributed by atoms with Gasteiger partial charge in [-0.3, -0.25) is 0 Å². The Balaban J connectivity index is 3.04. The maximum Gasteiger partial charge on any atom is 0.335 e. The summed E-state index contributed by atoms with van der Waals surface area (Å²) < 4.78 is 23.1. The summed E-state index contributed by atoms with van der Waals surface area (Å²) in [6, 6.07) is 5.25. The molecule has 82 valence electrons. The van der Waals surface area contributed by atoms with Gasteiger partial charge in [0, 0.05) is 0 Å². The predicted molar refractivity (Wildman–Crippen MR) is 55.7 cm³/mol. The van der Waals surface area contributed by atoms with Gasteiger partial charge < -0.3 is 5.11 Å². The monoisotopic (exact) mass is 228 g/mol. The van der Waals surface area contributed by atoms with Crippen LogP contribution in [0.15, 0.2) is 29.2 Å². The average molecular weight is 228 g/mol. The summed E-state index contributed by atoms with van der Waals surface area (Å²) in [7, 11) is -3.25. The Morgan fingerprint density at radius 1 is 1.27 bits per heavy atom. The van der Waals surface area contributed by atoms with E-state index in [9.17, 15) is 13.2 Å². The molecule has 15 heavy (non-hydrogen) atoms. The van der Waals surface area contributed by atoms with Crippen LogP contribution in [0.2, 0.25) is 0 Å². The SMILES string of the molecule is CCCS(=O)(=O)c1ccc(C(=O)O)cc1. The standard InChI is InChI=1S/C10H12O4S/c1-2-7-15(13,14)9-5-3-8(4-6-9)10(11)12/h3-6H,2,7H2,1H3,(H,11,12). The molecule has 1 N–H and O–H groups in total. The summed E-state index contributed by atoms with van der Waals surface area (Å²) in [4.78, 5) is 10.7. The minimum absolute atomic E-state index is 0.0828. The van der Waals surface area contributed by atoms with Gasteiger partial charge in [0.05, 0.1) is 16.2 Å². The van der Waals surface area contributed by atoms with Crippen LogP contribution in [0.25, 0.3) is 0 Å². The molecule has 0 aromatic heterocycles. The number of carboxylic acid groups (broad SMARTS) is 1. The van der Waals surface area contributed by atoms with Crippen LogP contribution in [0.3, 0.4) is 0 Å². The second-order valence-electron chi connectivity index (χ2n) is 3.15. The van der Waals surface area contributed by atoms with Gasteiger partial charge in [-0.25, -0.2) is 13.2 Å². The van der Waals surface area contributed by atoms with Crippen molar-refractivity contribution in [2.24, 2.45) is 0 Å². The van der Waals surface area contributed by atoms with Crippen LogP contribution >= 0.6 is 0 Å². The third kappa shape index (κ3) is 2.79. The van der Waals surface area contributed by atoms with E-state index in [1.54, 1.807) is 6.92 Å². The highest BCUT2D eigenvalue weighted by Crippen LogP contribution is 2.13. The first-order chi connectivity index (χ1) is 6.97. The van der Waals surface area contributed by atoms with E-state index in [1.165, 1.54) is 24.3 Å². The minimum Gasteiger partial charge on any atom is -0.478 e. The van der Waals surface area contributed by atoms with Crippen LogP contribution in [-0.4, -0.2) is 25.2 Å². The Hall–Kier alpha value is -1.36. The lowest BCUT2D eigenvalue weighted by Crippen LogP contribution is -2.06. The zero-order valence-corrected chi connectivity index (χ0v) is 9.12. The van der Waals surface area contributed by atoms with Crippen molar-refractivity contribution in [3.8, 4) is 0 Å². The maximum absolute atomic E-state index is 11.6. The molecule has 0 aliphatic rings. The fourth-order valence-corrected chi connectivity index (χ4v) is 2.52. The third-order valence-electron chi connectivity index (χ3n) is 1.93. The lowest BCUT2D eigenvalue weighted by atomic mass is 10.2. The smallest absolute Gasteiger partial charge is 0.335 e. The highest BCUT2D eigenvalue weighted by atomic mass is 32.2. The van der Waals surface area contributed by atoms with Crippen LogP contribution in [0.1, 0.15) is 23.7 Å². The van der Waals surface area contributed by atoms with Crippen LogP contribution in [-0.2, 0) is 9.84 Å². The van der Waals surface area contributed by atoms with E-state index in [2.05, 4.69) is 0 Å². The molecule has 0 aliphatic heterocycles. The summed E-state index contributed by atoms with van der Waals surface area (Å²) in [5.41, 5.74) is 0.0884. The molecule has 4 nitrogen and oxygen atoms in total. The lowest BCUT2D eigenvalue weighted by Gasteiger charge is -2.02. The van der Waals surface area contributed by atoms with Crippen LogP contribution in [0.5, 0.6) is 0 Å². The molecule has 1 rings (SSSR count). The summed E-state index contributed by atoms with van der Waals surface area (Å²) in [5.74, 6) is -0.978. The second kappa shape index (κ2) is 4.44. The summed E-state index contributed by atoms with van der Waals surface area (Å²) in [5, 5.41) is 8.63. The molecule has 0 spiro atoms. The zero-order chi connectivity index (χ0) is 11.5. The van der Waals surface area contributed by atoms with Gasteiger partial charge in [0.1, 0.15) is 0 Å². The first-order valence-corrected chi connectivity index (χ1v) is 6.18. The van der Waals surface area contributed by atoms with E-state index in [0.717, 1.165) is 0 Å². The molecular formula is C10H12O4S. The van der Waals surface area contributed by atoms with Gasteiger partial charge in [0.2, 0.25) is 0 Å². The largest absolute Gasteiger partial charge is 0.478 e. The number of hydrogen-bond acceptors (Lipinski definition) is 3. The normalized spacial score (nSPS) is 11.3. The number of carboxylic acids is 1. The van der Waals surface area contributed by atoms with Gasteiger partial charge in [0.25, 0.3) is 0 Å². The van der Waals surface area contributed by atoms with Gasteiger partial charge in [-0.15, -0.1) is 0 Å². The van der Waals surface area contributed by atoms with Crippen molar-refractivity contribution in [2.75, 3.05) is 5.75 Å². The average Bonchev–Trinajstić information content (AvgIpc) is 2.18. The van der Waals surface area contributed by atoms with Gasteiger partial charge in [-0.2, -0.15) is 0 Å². The second-order valence-corrected chi connectivity index (χ2v) is 5.26. The quantitative estimate of drug-likeness (QED) is 0.849. The van der Waals surface area contributed by atoms with Crippen LogP contribution < -0.4 is 0 Å². The molecule has 0 unspecified atom stereocenters. The highest BCUT2D eigenvalue weighted by Gasteiger charge is 2.13. The van der Waals surface area contributed by atoms with Gasteiger partial charge in [-0.05, 0) is 30.7 Å². The van der Waals surface area contributed by atoms with Gasteiger partial charge in [0.15, 0.2) is 9.84 Å². The van der Waals surface area contributed by atoms with Crippen molar-refractivity contribution in [1.82, 2.24) is 0 Å². The fraction of sp³-hybridized carbons (Fsp3) is 0.300. The predicted octanol–water partition coefficient (Wildman–Crippen LogP) is 1.57. The first-order valence-electron chi connectivity index (χ1n) is 4.53. The number of rotatable bonds is 4. The molecule has 0 saturated heterocycles. The first kappa shape index (κ1) is 11.7. The van der Waals surface area contributed by atoms with E-state index in [0.29, 0.717) is 6.42 Å². The topological polar surface area (TPSA) is 71.4 Å². The lowest BCUT2D eigenvalue weighted by molar-refractivity contribution is 0.0697. The summed E-state index contributed by atoms with van der Waals surface area (Å²) >= 11 is 0. The number of hydrogen-bond donors (Lipinski definition) is 1. The Labute approximate surface area is 88.5 Å². The molecule has 0 saturated carbocycles. The van der Waals surface area contributed by atoms with Crippen molar-refractivity contribution in [3.63, 3.8) is 0 Å². The van der Waals surface area contributed by atoms with E-state index in [-0.39, 0.29) is 16.2 Å². The number of benzene rings is 1. The Morgan fingerprint density at radius 3 is 2.20 bits per heavy atom. The van der Waals surface area contributed by atoms with Crippen molar-refractivity contribution < 1.29 is 18.3 Å². The maximum atomic E-state index is 11.6. The number of sulfone groups is 1. The van der Waals surface area contributed by atoms with Crippen molar-refractivity contribution in [3.05, 3.63) is 29.8 Å². The van der Waals surface area contributed by atoms with Crippen LogP contribution in [0.4, 0.5) is 0 Å². The number of aromatic carboxylic acids is 1. The van der Waals surface area contributed by atoms with E-state index in [4.69, 9.17) is 5.11 Å². The van der Waals surface area contributed by atoms with Gasteiger partial charge >= 0.3 is 5.97 Å². The molecule has 0 fully saturated rings. The Morgan fingerprint density at radius 2 is 1.80 bits per heavy atom. The molecule has 0 radical (unpaired) electrons. The Kier molecular flexibility index (Phi) is 3.47. The molecule has 1 aromatic rings. The molecule has 0 atom stereocenters. The minimum atomic E-state index is -3.25. The molecular weight excluding hydrogens is 216 g/mol. The molecule has 0 aliphatic carbocycles. The van der Waals surface area contributed by atoms with Crippen LogP contribution in [0, 0.1) is 0 Å². The summed E-state index contributed by atoms with van der Waals surface area (Å²) in [6.07, 6.45) is 0.545. The fourth-order valence-electron chi connectivity index (χ4n) is 1.19. The number of carbonyl (C=O) groups is 1. The molecule has 5 heteroatoms. The van der Waals surface area contributed by atoms with E-state index < -0.39 is 15.8 Å². The zero-order valence-electron chi connectivity index (χ0n) is 8.30. The Bertz CT molecular complexity index is 445. The van der Waals surface area contributed by atoms with Crippen molar-refractivity contribution in [1.29, 1.82) is 0 Å². The summed E-state index contributed by atoms with van der Waals surface area (Å²) in [6.45, 7) is 1.78. The molecule has 1 aromatic carbocycles. The van der Waals surface area contributed by atoms with Crippen molar-refractivity contribution in [2.45, 2.75) is 18.2 Å². The molecule has 0 amide bonds. The van der Waals surface area contributed by atoms with Crippen molar-refractivity contribution >= 4 is 15.8 Å². The molecule has 0 heterocycles. The highest BCUT2D eigenvalue weighted by molar-refractivity contribution is 7.91. The van der Waals surface area contributed by atoms with Gasteiger partial charge in [-0.1, -0.05) is 6.92 Å².